The molecule has 0 saturated carbocycles. The van der Waals surface area contributed by atoms with Crippen molar-refractivity contribution >= 4 is 11.9 Å². The third-order valence-corrected chi connectivity index (χ3v) is 11.1. The highest BCUT2D eigenvalue weighted by Gasteiger charge is 2.24. The van der Waals surface area contributed by atoms with Gasteiger partial charge in [0.1, 0.15) is 0 Å². The summed E-state index contributed by atoms with van der Waals surface area (Å²) in [6.45, 7) is 7.77. The highest BCUT2D eigenvalue weighted by atomic mass is 16.5. The first-order chi connectivity index (χ1) is 26.2. The van der Waals surface area contributed by atoms with Gasteiger partial charge in [0.15, 0.2) is 0 Å². The molecule has 4 nitrogen and oxygen atoms in total. The zero-order valence-electron chi connectivity index (χ0n) is 36.4. The van der Waals surface area contributed by atoms with Crippen LogP contribution in [0, 0.1) is 5.92 Å². The van der Waals surface area contributed by atoms with Crippen LogP contribution in [0.15, 0.2) is 12.2 Å². The van der Waals surface area contributed by atoms with Gasteiger partial charge in [-0.05, 0) is 44.9 Å². The molecule has 0 saturated heterocycles. The van der Waals surface area contributed by atoms with Crippen LogP contribution in [0.4, 0.5) is 0 Å². The first kappa shape index (κ1) is 51.7. The summed E-state index contributed by atoms with van der Waals surface area (Å²) < 4.78 is 11.3. The number of allylic oxidation sites excluding steroid dienone is 2. The van der Waals surface area contributed by atoms with Crippen molar-refractivity contribution < 1.29 is 19.1 Å². The SMILES string of the molecule is CCCCCCCCC/C=C/CCCCCCCCCCC(CC(=O)OCCCCCCCCCCCC)C(=O)OCCCCCCCCCCCC. The Morgan fingerprint density at radius 2 is 0.679 bits per heavy atom. The van der Waals surface area contributed by atoms with E-state index in [1.165, 1.54) is 199 Å². The molecule has 0 N–H and O–H groups in total. The lowest BCUT2D eigenvalue weighted by molar-refractivity contribution is -0.155. The predicted molar refractivity (Wildman–Crippen MR) is 232 cm³/mol. The van der Waals surface area contributed by atoms with Gasteiger partial charge in [-0.1, -0.05) is 232 Å². The van der Waals surface area contributed by atoms with Crippen molar-refractivity contribution in [3.63, 3.8) is 0 Å². The van der Waals surface area contributed by atoms with E-state index in [0.29, 0.717) is 13.2 Å². The molecule has 0 radical (unpaired) electrons. The first-order valence-electron chi connectivity index (χ1n) is 24.1. The zero-order chi connectivity index (χ0) is 38.6. The van der Waals surface area contributed by atoms with Crippen molar-refractivity contribution in [2.75, 3.05) is 13.2 Å². The van der Waals surface area contributed by atoms with Gasteiger partial charge in [-0.2, -0.15) is 0 Å². The second-order valence-corrected chi connectivity index (χ2v) is 16.4. The molecule has 0 aliphatic carbocycles. The Hall–Kier alpha value is -1.32. The Bertz CT molecular complexity index is 762. The molecule has 0 fully saturated rings. The molecule has 0 aromatic heterocycles. The summed E-state index contributed by atoms with van der Waals surface area (Å²) in [5, 5.41) is 0. The summed E-state index contributed by atoms with van der Waals surface area (Å²) in [5.74, 6) is -0.778. The van der Waals surface area contributed by atoms with Crippen LogP contribution in [0.25, 0.3) is 0 Å². The quantitative estimate of drug-likeness (QED) is 0.0354. The third kappa shape index (κ3) is 41.7. The number of esters is 2. The third-order valence-electron chi connectivity index (χ3n) is 11.1. The summed E-state index contributed by atoms with van der Waals surface area (Å²) in [4.78, 5) is 25.8. The van der Waals surface area contributed by atoms with E-state index in [0.717, 1.165) is 44.9 Å². The lowest BCUT2D eigenvalue weighted by Gasteiger charge is -2.16. The Labute approximate surface area is 332 Å². The van der Waals surface area contributed by atoms with Crippen LogP contribution in [0.2, 0.25) is 0 Å². The molecular formula is C49H94O4. The Morgan fingerprint density at radius 3 is 1.06 bits per heavy atom. The van der Waals surface area contributed by atoms with E-state index in [9.17, 15) is 9.59 Å². The molecule has 0 amide bonds. The molecule has 53 heavy (non-hydrogen) atoms. The molecule has 0 aliphatic heterocycles. The molecular weight excluding hydrogens is 653 g/mol. The van der Waals surface area contributed by atoms with Gasteiger partial charge in [-0.15, -0.1) is 0 Å². The van der Waals surface area contributed by atoms with Crippen molar-refractivity contribution in [3.05, 3.63) is 12.2 Å². The van der Waals surface area contributed by atoms with Crippen LogP contribution in [0.3, 0.4) is 0 Å². The molecule has 1 atom stereocenters. The fourth-order valence-electron chi connectivity index (χ4n) is 7.39. The summed E-state index contributed by atoms with van der Waals surface area (Å²) in [6.07, 6.45) is 53.0. The van der Waals surface area contributed by atoms with Gasteiger partial charge in [-0.3, -0.25) is 9.59 Å². The van der Waals surface area contributed by atoms with E-state index in [4.69, 9.17) is 9.47 Å². The van der Waals surface area contributed by atoms with E-state index < -0.39 is 0 Å². The molecule has 1 unspecified atom stereocenters. The number of unbranched alkanes of at least 4 members (excludes halogenated alkanes) is 33. The van der Waals surface area contributed by atoms with E-state index in [-0.39, 0.29) is 24.3 Å². The minimum absolute atomic E-state index is 0.169. The number of carbonyl (C=O) groups is 2. The summed E-state index contributed by atoms with van der Waals surface area (Å²) >= 11 is 0. The van der Waals surface area contributed by atoms with Crippen molar-refractivity contribution in [1.82, 2.24) is 0 Å². The van der Waals surface area contributed by atoms with Crippen LogP contribution in [0.5, 0.6) is 0 Å². The lowest BCUT2D eigenvalue weighted by Crippen LogP contribution is -2.23. The maximum absolute atomic E-state index is 13.1. The molecule has 4 heteroatoms. The maximum atomic E-state index is 13.1. The fraction of sp³-hybridized carbons (Fsp3) is 0.918. The van der Waals surface area contributed by atoms with Gasteiger partial charge in [0.2, 0.25) is 0 Å². The van der Waals surface area contributed by atoms with Gasteiger partial charge in [0.25, 0.3) is 0 Å². The average Bonchev–Trinajstić information content (AvgIpc) is 3.16. The molecule has 0 spiro atoms. The van der Waals surface area contributed by atoms with E-state index >= 15 is 0 Å². The molecule has 0 bridgehead atoms. The number of hydrogen-bond donors (Lipinski definition) is 0. The number of hydrogen-bond acceptors (Lipinski definition) is 4. The van der Waals surface area contributed by atoms with Crippen LogP contribution in [0.1, 0.15) is 271 Å². The predicted octanol–water partition coefficient (Wildman–Crippen LogP) is 16.5. The van der Waals surface area contributed by atoms with Crippen LogP contribution < -0.4 is 0 Å². The van der Waals surface area contributed by atoms with Crippen LogP contribution in [-0.2, 0) is 19.1 Å². The summed E-state index contributed by atoms with van der Waals surface area (Å²) in [5.41, 5.74) is 0. The highest BCUT2D eigenvalue weighted by Crippen LogP contribution is 2.20. The zero-order valence-corrected chi connectivity index (χ0v) is 36.4. The molecule has 0 rings (SSSR count). The number of ether oxygens (including phenoxy) is 2. The van der Waals surface area contributed by atoms with E-state index in [2.05, 4.69) is 32.9 Å². The largest absolute Gasteiger partial charge is 0.466 e. The molecule has 0 aromatic carbocycles. The van der Waals surface area contributed by atoms with Crippen LogP contribution >= 0.6 is 0 Å². The normalized spacial score (nSPS) is 12.1. The van der Waals surface area contributed by atoms with Gasteiger partial charge < -0.3 is 9.47 Å². The fourth-order valence-corrected chi connectivity index (χ4v) is 7.39. The Morgan fingerprint density at radius 1 is 0.377 bits per heavy atom. The molecule has 0 heterocycles. The van der Waals surface area contributed by atoms with Crippen molar-refractivity contribution in [2.24, 2.45) is 5.92 Å². The number of carbonyl (C=O) groups excluding carboxylic acids is 2. The van der Waals surface area contributed by atoms with Gasteiger partial charge in [-0.25, -0.2) is 0 Å². The Kier molecular flexibility index (Phi) is 43.9. The number of rotatable bonds is 44. The summed E-state index contributed by atoms with van der Waals surface area (Å²) in [6, 6.07) is 0. The van der Waals surface area contributed by atoms with E-state index in [1.54, 1.807) is 0 Å². The maximum Gasteiger partial charge on any atom is 0.309 e. The highest BCUT2D eigenvalue weighted by molar-refractivity contribution is 5.79. The smallest absolute Gasteiger partial charge is 0.309 e. The minimum Gasteiger partial charge on any atom is -0.466 e. The average molecular weight is 747 g/mol. The van der Waals surface area contributed by atoms with Gasteiger partial charge >= 0.3 is 11.9 Å². The first-order valence-corrected chi connectivity index (χ1v) is 24.1. The standard InChI is InChI=1S/C49H94O4/c1-4-7-10-13-16-19-22-23-24-25-26-27-28-29-30-31-34-37-40-43-47(49(51)53-45-42-39-36-33-21-18-15-12-9-6-3)46-48(50)52-44-41-38-35-32-20-17-14-11-8-5-2/h24-25,47H,4-23,26-46H2,1-3H3/b25-24+. The van der Waals surface area contributed by atoms with Gasteiger partial charge in [0, 0.05) is 0 Å². The lowest BCUT2D eigenvalue weighted by atomic mass is 9.97. The summed E-state index contributed by atoms with van der Waals surface area (Å²) in [7, 11) is 0. The van der Waals surface area contributed by atoms with Crippen molar-refractivity contribution in [2.45, 2.75) is 271 Å². The molecule has 0 aromatic rings. The van der Waals surface area contributed by atoms with Crippen LogP contribution in [-0.4, -0.2) is 25.2 Å². The monoisotopic (exact) mass is 747 g/mol. The molecule has 0 aliphatic rings. The van der Waals surface area contributed by atoms with Crippen molar-refractivity contribution in [3.8, 4) is 0 Å². The van der Waals surface area contributed by atoms with Gasteiger partial charge in [0.05, 0.1) is 25.6 Å². The van der Waals surface area contributed by atoms with Crippen molar-refractivity contribution in [1.29, 1.82) is 0 Å². The minimum atomic E-state index is -0.364. The topological polar surface area (TPSA) is 52.6 Å². The van der Waals surface area contributed by atoms with E-state index in [1.807, 2.05) is 0 Å². The Balaban J connectivity index is 4.18. The molecule has 314 valence electrons. The second-order valence-electron chi connectivity index (χ2n) is 16.4. The second kappa shape index (κ2) is 45.1.